The molecule has 0 N–H and O–H groups in total. The minimum atomic E-state index is -4.66. The van der Waals surface area contributed by atoms with Crippen molar-refractivity contribution in [3.8, 4) is 6.07 Å². The van der Waals surface area contributed by atoms with Crippen LogP contribution in [0.5, 0.6) is 0 Å². The molecule has 1 aromatic heterocycles. The van der Waals surface area contributed by atoms with Crippen LogP contribution in [0, 0.1) is 11.3 Å². The molecule has 124 valence electrons. The molecular formula is C16H11F3N2O2S. The second-order valence-corrected chi connectivity index (χ2v) is 6.21. The summed E-state index contributed by atoms with van der Waals surface area (Å²) in [7, 11) is 0. The number of benzene rings is 1. The number of halogens is 3. The number of nitrogens with zero attached hydrogens (tertiary/aromatic N) is 2. The van der Waals surface area contributed by atoms with Gasteiger partial charge >= 0.3 is 6.18 Å². The van der Waals surface area contributed by atoms with Crippen molar-refractivity contribution in [1.82, 2.24) is 5.16 Å². The lowest BCUT2D eigenvalue weighted by Gasteiger charge is -2.14. The van der Waals surface area contributed by atoms with E-state index in [4.69, 9.17) is 4.52 Å². The van der Waals surface area contributed by atoms with Gasteiger partial charge in [-0.25, -0.2) is 0 Å². The second kappa shape index (κ2) is 5.98. The first-order valence-corrected chi connectivity index (χ1v) is 8.28. The molecule has 0 aliphatic heterocycles. The van der Waals surface area contributed by atoms with Gasteiger partial charge in [0, 0.05) is 16.4 Å². The molecule has 0 bridgehead atoms. The number of aromatic nitrogens is 1. The number of ketones is 1. The molecule has 0 spiro atoms. The average Bonchev–Trinajstić information content (AvgIpc) is 3.28. The van der Waals surface area contributed by atoms with Crippen LogP contribution in [-0.2, 0) is 6.18 Å². The summed E-state index contributed by atoms with van der Waals surface area (Å²) in [6, 6.07) is 3.47. The molecule has 1 aromatic carbocycles. The first-order valence-electron chi connectivity index (χ1n) is 7.05. The molecule has 0 amide bonds. The van der Waals surface area contributed by atoms with Crippen LogP contribution >= 0.6 is 11.8 Å². The van der Waals surface area contributed by atoms with Gasteiger partial charge in [0.1, 0.15) is 12.3 Å². The lowest BCUT2D eigenvalue weighted by atomic mass is 9.97. The van der Waals surface area contributed by atoms with Crippen LogP contribution in [0.2, 0.25) is 0 Å². The van der Waals surface area contributed by atoms with Gasteiger partial charge in [-0.05, 0) is 31.2 Å². The monoisotopic (exact) mass is 352 g/mol. The Morgan fingerprint density at radius 2 is 2.08 bits per heavy atom. The third kappa shape index (κ3) is 2.80. The van der Waals surface area contributed by atoms with Crippen molar-refractivity contribution < 1.29 is 22.5 Å². The van der Waals surface area contributed by atoms with Crippen LogP contribution in [-0.4, -0.2) is 17.2 Å². The van der Waals surface area contributed by atoms with Gasteiger partial charge in [-0.3, -0.25) is 4.79 Å². The van der Waals surface area contributed by atoms with Crippen LogP contribution in [0.4, 0.5) is 13.2 Å². The summed E-state index contributed by atoms with van der Waals surface area (Å²) in [6.07, 6.45) is -0.114. The molecule has 1 aliphatic carbocycles. The molecule has 1 fully saturated rings. The standard InChI is InChI=1S/C16H11F3N2O2S/c1-24-15-9(4-5-12(10(15)6-20)16(17,18)19)14(22)11-7-23-21-13(11)8-2-3-8/h4-5,7-8H,2-3H2,1H3. The minimum Gasteiger partial charge on any atom is -0.364 e. The number of hydrogen-bond donors (Lipinski definition) is 0. The maximum absolute atomic E-state index is 13.1. The van der Waals surface area contributed by atoms with Crippen LogP contribution < -0.4 is 0 Å². The van der Waals surface area contributed by atoms with Gasteiger partial charge in [-0.1, -0.05) is 5.16 Å². The molecule has 4 nitrogen and oxygen atoms in total. The number of carbonyl (C=O) groups is 1. The quantitative estimate of drug-likeness (QED) is 0.603. The summed E-state index contributed by atoms with van der Waals surface area (Å²) in [6.45, 7) is 0. The second-order valence-electron chi connectivity index (χ2n) is 5.40. The molecule has 8 heteroatoms. The zero-order valence-corrected chi connectivity index (χ0v) is 13.3. The Kier molecular flexibility index (Phi) is 4.13. The van der Waals surface area contributed by atoms with Crippen molar-refractivity contribution in [3.63, 3.8) is 0 Å². The third-order valence-corrected chi connectivity index (χ3v) is 4.66. The molecule has 0 saturated heterocycles. The first-order chi connectivity index (χ1) is 11.4. The van der Waals surface area contributed by atoms with Crippen LogP contribution in [0.25, 0.3) is 0 Å². The molecule has 1 saturated carbocycles. The van der Waals surface area contributed by atoms with Gasteiger partial charge in [0.25, 0.3) is 0 Å². The number of alkyl halides is 3. The van der Waals surface area contributed by atoms with Gasteiger partial charge < -0.3 is 4.52 Å². The highest BCUT2D eigenvalue weighted by Gasteiger charge is 2.37. The van der Waals surface area contributed by atoms with Crippen molar-refractivity contribution in [2.75, 3.05) is 6.26 Å². The molecule has 2 aromatic rings. The van der Waals surface area contributed by atoms with E-state index in [9.17, 15) is 23.2 Å². The molecule has 0 unspecified atom stereocenters. The summed E-state index contributed by atoms with van der Waals surface area (Å²) in [5.41, 5.74) is -0.747. The van der Waals surface area contributed by atoms with Crippen molar-refractivity contribution in [3.05, 3.63) is 46.3 Å². The Hall–Kier alpha value is -2.27. The molecule has 3 rings (SSSR count). The van der Waals surface area contributed by atoms with E-state index in [1.807, 2.05) is 0 Å². The fraction of sp³-hybridized carbons (Fsp3) is 0.312. The Morgan fingerprint density at radius 3 is 2.62 bits per heavy atom. The predicted octanol–water partition coefficient (Wildman–Crippen LogP) is 4.40. The molecule has 0 atom stereocenters. The fourth-order valence-electron chi connectivity index (χ4n) is 2.53. The van der Waals surface area contributed by atoms with Gasteiger partial charge in [0.2, 0.25) is 0 Å². The third-order valence-electron chi connectivity index (χ3n) is 3.83. The molecule has 1 aliphatic rings. The first kappa shape index (κ1) is 16.6. The molecule has 1 heterocycles. The fourth-order valence-corrected chi connectivity index (χ4v) is 3.27. The topological polar surface area (TPSA) is 66.9 Å². The van der Waals surface area contributed by atoms with Gasteiger partial charge in [0.05, 0.1) is 22.4 Å². The summed E-state index contributed by atoms with van der Waals surface area (Å²) in [5.74, 6) is -0.321. The van der Waals surface area contributed by atoms with E-state index in [2.05, 4.69) is 5.16 Å². The zero-order chi connectivity index (χ0) is 17.5. The lowest BCUT2D eigenvalue weighted by Crippen LogP contribution is -2.12. The SMILES string of the molecule is CSc1c(C(=O)c2conc2C2CC2)ccc(C(F)(F)F)c1C#N. The summed E-state index contributed by atoms with van der Waals surface area (Å²) in [4.78, 5) is 12.8. The van der Waals surface area contributed by atoms with E-state index < -0.39 is 23.1 Å². The van der Waals surface area contributed by atoms with Crippen LogP contribution in [0.15, 0.2) is 27.8 Å². The van der Waals surface area contributed by atoms with Gasteiger partial charge in [-0.15, -0.1) is 11.8 Å². The average molecular weight is 352 g/mol. The maximum Gasteiger partial charge on any atom is 0.417 e. The summed E-state index contributed by atoms with van der Waals surface area (Å²) < 4.78 is 44.1. The summed E-state index contributed by atoms with van der Waals surface area (Å²) in [5, 5.41) is 13.0. The minimum absolute atomic E-state index is 0.0141. The normalized spacial score (nSPS) is 14.5. The number of hydrogen-bond acceptors (Lipinski definition) is 5. The Bertz CT molecular complexity index is 848. The molecular weight excluding hydrogens is 341 g/mol. The van der Waals surface area contributed by atoms with E-state index in [1.54, 1.807) is 6.07 Å². The predicted molar refractivity (Wildman–Crippen MR) is 79.9 cm³/mol. The highest BCUT2D eigenvalue weighted by molar-refractivity contribution is 7.98. The Morgan fingerprint density at radius 1 is 1.38 bits per heavy atom. The van der Waals surface area contributed by atoms with Crippen molar-refractivity contribution >= 4 is 17.5 Å². The van der Waals surface area contributed by atoms with Crippen LogP contribution in [0.1, 0.15) is 51.5 Å². The van der Waals surface area contributed by atoms with Crippen molar-refractivity contribution in [2.24, 2.45) is 0 Å². The number of nitriles is 1. The van der Waals surface area contributed by atoms with Gasteiger partial charge in [-0.2, -0.15) is 18.4 Å². The molecule has 24 heavy (non-hydrogen) atoms. The van der Waals surface area contributed by atoms with Crippen molar-refractivity contribution in [1.29, 1.82) is 5.26 Å². The van der Waals surface area contributed by atoms with Gasteiger partial charge in [0.15, 0.2) is 5.78 Å². The van der Waals surface area contributed by atoms with E-state index >= 15 is 0 Å². The number of carbonyl (C=O) groups excluding carboxylic acids is 1. The van der Waals surface area contributed by atoms with E-state index in [1.165, 1.54) is 12.5 Å². The Balaban J connectivity index is 2.13. The van der Waals surface area contributed by atoms with E-state index in [0.29, 0.717) is 5.69 Å². The van der Waals surface area contributed by atoms with E-state index in [-0.39, 0.29) is 21.9 Å². The lowest BCUT2D eigenvalue weighted by molar-refractivity contribution is -0.137. The Labute approximate surface area is 139 Å². The largest absolute Gasteiger partial charge is 0.417 e. The number of thioether (sulfide) groups is 1. The zero-order valence-electron chi connectivity index (χ0n) is 12.5. The smallest absolute Gasteiger partial charge is 0.364 e. The van der Waals surface area contributed by atoms with E-state index in [0.717, 1.165) is 36.7 Å². The van der Waals surface area contributed by atoms with Crippen LogP contribution in [0.3, 0.4) is 0 Å². The number of rotatable bonds is 4. The highest BCUT2D eigenvalue weighted by atomic mass is 32.2. The summed E-state index contributed by atoms with van der Waals surface area (Å²) >= 11 is 0.938. The maximum atomic E-state index is 13.1. The molecule has 0 radical (unpaired) electrons. The van der Waals surface area contributed by atoms with Crippen molar-refractivity contribution in [2.45, 2.75) is 29.8 Å². The highest BCUT2D eigenvalue weighted by Crippen LogP contribution is 2.42.